The molecular formula is C22H25NO4. The number of rotatable bonds is 6. The first-order valence-corrected chi connectivity index (χ1v) is 9.37. The number of amides is 1. The summed E-state index contributed by atoms with van der Waals surface area (Å²) in [4.78, 5) is 23.9. The second-order valence-electron chi connectivity index (χ2n) is 6.78. The Morgan fingerprint density at radius 3 is 2.41 bits per heavy atom. The van der Waals surface area contributed by atoms with Crippen molar-refractivity contribution in [2.45, 2.75) is 38.0 Å². The Morgan fingerprint density at radius 2 is 1.70 bits per heavy atom. The summed E-state index contributed by atoms with van der Waals surface area (Å²) in [5, 5.41) is 2.69. The molecule has 27 heavy (non-hydrogen) atoms. The van der Waals surface area contributed by atoms with Crippen LogP contribution in [0.3, 0.4) is 0 Å². The lowest BCUT2D eigenvalue weighted by molar-refractivity contribution is -0.118. The van der Waals surface area contributed by atoms with Crippen LogP contribution in [-0.2, 0) is 9.53 Å². The van der Waals surface area contributed by atoms with Crippen molar-refractivity contribution in [2.24, 2.45) is 0 Å². The van der Waals surface area contributed by atoms with Crippen LogP contribution >= 0.6 is 0 Å². The first-order valence-electron chi connectivity index (χ1n) is 9.37. The van der Waals surface area contributed by atoms with Gasteiger partial charge in [0.1, 0.15) is 5.75 Å². The van der Waals surface area contributed by atoms with E-state index in [0.29, 0.717) is 22.9 Å². The van der Waals surface area contributed by atoms with Crippen molar-refractivity contribution in [2.75, 3.05) is 19.0 Å². The maximum atomic E-state index is 12.2. The summed E-state index contributed by atoms with van der Waals surface area (Å²) in [6.07, 6.45) is 6.45. The van der Waals surface area contributed by atoms with E-state index < -0.39 is 5.97 Å². The molecule has 0 aliphatic heterocycles. The summed E-state index contributed by atoms with van der Waals surface area (Å²) in [6.45, 7) is -0.127. The normalized spacial score (nSPS) is 14.4. The zero-order chi connectivity index (χ0) is 19.1. The highest BCUT2D eigenvalue weighted by Crippen LogP contribution is 2.33. The number of methoxy groups -OCH3 is 1. The highest BCUT2D eigenvalue weighted by atomic mass is 16.5. The summed E-state index contributed by atoms with van der Waals surface area (Å²) in [7, 11) is 1.31. The molecule has 1 amide bonds. The molecule has 2 aromatic carbocycles. The van der Waals surface area contributed by atoms with Crippen molar-refractivity contribution in [3.63, 3.8) is 0 Å². The topological polar surface area (TPSA) is 64.6 Å². The van der Waals surface area contributed by atoms with Crippen molar-refractivity contribution in [3.8, 4) is 5.75 Å². The first kappa shape index (κ1) is 19.0. The van der Waals surface area contributed by atoms with Crippen LogP contribution in [-0.4, -0.2) is 25.6 Å². The minimum atomic E-state index is -0.495. The molecule has 5 nitrogen and oxygen atoms in total. The third kappa shape index (κ3) is 5.09. The SMILES string of the molecule is COC(=O)c1ccccc1NC(=O)COc1ccc(C2CCCCC2)cc1. The van der Waals surface area contributed by atoms with Gasteiger partial charge in [0.2, 0.25) is 0 Å². The number of hydrogen-bond acceptors (Lipinski definition) is 4. The van der Waals surface area contributed by atoms with E-state index in [9.17, 15) is 9.59 Å². The Morgan fingerprint density at radius 1 is 1.00 bits per heavy atom. The van der Waals surface area contributed by atoms with Gasteiger partial charge in [0.05, 0.1) is 18.4 Å². The third-order valence-corrected chi connectivity index (χ3v) is 4.93. The summed E-state index contributed by atoms with van der Waals surface area (Å²) in [6, 6.07) is 14.7. The van der Waals surface area contributed by atoms with Gasteiger partial charge in [-0.2, -0.15) is 0 Å². The van der Waals surface area contributed by atoms with E-state index >= 15 is 0 Å². The number of benzene rings is 2. The van der Waals surface area contributed by atoms with E-state index in [1.54, 1.807) is 24.3 Å². The van der Waals surface area contributed by atoms with Gasteiger partial charge in [0.15, 0.2) is 6.61 Å². The minimum Gasteiger partial charge on any atom is -0.484 e. The third-order valence-electron chi connectivity index (χ3n) is 4.93. The molecule has 142 valence electrons. The molecule has 1 aliphatic rings. The van der Waals surface area contributed by atoms with E-state index in [1.165, 1.54) is 44.8 Å². The van der Waals surface area contributed by atoms with E-state index in [-0.39, 0.29) is 12.5 Å². The van der Waals surface area contributed by atoms with Crippen LogP contribution < -0.4 is 10.1 Å². The number of nitrogens with one attached hydrogen (secondary N) is 1. The van der Waals surface area contributed by atoms with Gasteiger partial charge in [0, 0.05) is 0 Å². The molecule has 1 aliphatic carbocycles. The van der Waals surface area contributed by atoms with Gasteiger partial charge in [0.25, 0.3) is 5.91 Å². The zero-order valence-corrected chi connectivity index (χ0v) is 15.6. The Bertz CT molecular complexity index is 779. The Balaban J connectivity index is 1.54. The summed E-state index contributed by atoms with van der Waals surface area (Å²) >= 11 is 0. The van der Waals surface area contributed by atoms with Crippen LogP contribution in [0.2, 0.25) is 0 Å². The molecule has 0 spiro atoms. The number of ether oxygens (including phenoxy) is 2. The lowest BCUT2D eigenvalue weighted by Gasteiger charge is -2.22. The van der Waals surface area contributed by atoms with Gasteiger partial charge in [-0.05, 0) is 48.6 Å². The van der Waals surface area contributed by atoms with Gasteiger partial charge in [-0.3, -0.25) is 4.79 Å². The molecule has 2 aromatic rings. The van der Waals surface area contributed by atoms with E-state index in [2.05, 4.69) is 17.4 Å². The fourth-order valence-corrected chi connectivity index (χ4v) is 3.49. The molecule has 1 saturated carbocycles. The fraction of sp³-hybridized carbons (Fsp3) is 0.364. The predicted octanol–water partition coefficient (Wildman–Crippen LogP) is 4.54. The second-order valence-corrected chi connectivity index (χ2v) is 6.78. The van der Waals surface area contributed by atoms with E-state index in [4.69, 9.17) is 9.47 Å². The maximum Gasteiger partial charge on any atom is 0.339 e. The van der Waals surface area contributed by atoms with Crippen LogP contribution in [0.25, 0.3) is 0 Å². The van der Waals surface area contributed by atoms with Crippen molar-refractivity contribution < 1.29 is 19.1 Å². The maximum absolute atomic E-state index is 12.2. The molecule has 5 heteroatoms. The van der Waals surface area contributed by atoms with Crippen LogP contribution in [0, 0.1) is 0 Å². The molecule has 0 heterocycles. The lowest BCUT2D eigenvalue weighted by atomic mass is 9.84. The predicted molar refractivity (Wildman–Crippen MR) is 104 cm³/mol. The quantitative estimate of drug-likeness (QED) is 0.762. The number of carbonyl (C=O) groups excluding carboxylic acids is 2. The molecule has 1 fully saturated rings. The van der Waals surface area contributed by atoms with Crippen molar-refractivity contribution in [3.05, 3.63) is 59.7 Å². The Hall–Kier alpha value is -2.82. The molecule has 0 aromatic heterocycles. The van der Waals surface area contributed by atoms with Crippen molar-refractivity contribution in [1.82, 2.24) is 0 Å². The number of hydrogen-bond donors (Lipinski definition) is 1. The average Bonchev–Trinajstić information content (AvgIpc) is 2.73. The largest absolute Gasteiger partial charge is 0.484 e. The van der Waals surface area contributed by atoms with Crippen LogP contribution in [0.1, 0.15) is 53.9 Å². The highest BCUT2D eigenvalue weighted by Gasteiger charge is 2.16. The number of esters is 1. The molecule has 0 bridgehead atoms. The Labute approximate surface area is 159 Å². The smallest absolute Gasteiger partial charge is 0.339 e. The van der Waals surface area contributed by atoms with E-state index in [0.717, 1.165) is 0 Å². The van der Waals surface area contributed by atoms with Crippen LogP contribution in [0.5, 0.6) is 5.75 Å². The van der Waals surface area contributed by atoms with Gasteiger partial charge >= 0.3 is 5.97 Å². The monoisotopic (exact) mass is 367 g/mol. The van der Waals surface area contributed by atoms with Gasteiger partial charge in [-0.25, -0.2) is 4.79 Å². The minimum absolute atomic E-state index is 0.127. The Kier molecular flexibility index (Phi) is 6.47. The fourth-order valence-electron chi connectivity index (χ4n) is 3.49. The van der Waals surface area contributed by atoms with Crippen LogP contribution in [0.15, 0.2) is 48.5 Å². The molecule has 1 N–H and O–H groups in total. The average molecular weight is 367 g/mol. The molecule has 0 radical (unpaired) electrons. The number of carbonyl (C=O) groups is 2. The number of para-hydroxylation sites is 1. The van der Waals surface area contributed by atoms with Crippen molar-refractivity contribution in [1.29, 1.82) is 0 Å². The van der Waals surface area contributed by atoms with Gasteiger partial charge in [-0.1, -0.05) is 43.5 Å². The van der Waals surface area contributed by atoms with Gasteiger partial charge in [-0.15, -0.1) is 0 Å². The molecule has 3 rings (SSSR count). The standard InChI is InChI=1S/C22H25NO4/c1-26-22(25)19-9-5-6-10-20(19)23-21(24)15-27-18-13-11-17(12-14-18)16-7-3-2-4-8-16/h5-6,9-14,16H,2-4,7-8,15H2,1H3,(H,23,24). The van der Waals surface area contributed by atoms with Gasteiger partial charge < -0.3 is 14.8 Å². The van der Waals surface area contributed by atoms with Crippen LogP contribution in [0.4, 0.5) is 5.69 Å². The van der Waals surface area contributed by atoms with Crippen molar-refractivity contribution >= 4 is 17.6 Å². The second kappa shape index (κ2) is 9.21. The summed E-state index contributed by atoms with van der Waals surface area (Å²) in [5.41, 5.74) is 2.06. The highest BCUT2D eigenvalue weighted by molar-refractivity contribution is 6.01. The molecule has 0 atom stereocenters. The molecule has 0 saturated heterocycles. The first-order chi connectivity index (χ1) is 13.2. The van der Waals surface area contributed by atoms with E-state index in [1.807, 2.05) is 12.1 Å². The molecule has 0 unspecified atom stereocenters. The zero-order valence-electron chi connectivity index (χ0n) is 15.6. The number of anilines is 1. The summed E-state index contributed by atoms with van der Waals surface area (Å²) in [5.74, 6) is 0.477. The lowest BCUT2D eigenvalue weighted by Crippen LogP contribution is -2.21. The molecular weight excluding hydrogens is 342 g/mol. The summed E-state index contributed by atoms with van der Waals surface area (Å²) < 4.78 is 10.3.